The van der Waals surface area contributed by atoms with Gasteiger partial charge in [0.25, 0.3) is 0 Å². The molecule has 1 N–H and O–H groups in total. The Hall–Kier alpha value is -0.820. The molecule has 3 atom stereocenters. The lowest BCUT2D eigenvalue weighted by molar-refractivity contribution is 0.360. The average molecular weight is 205 g/mol. The highest BCUT2D eigenvalue weighted by Gasteiger charge is 2.13. The molecule has 1 aromatic carbocycles. The molecular formula is C14H23N. The molecule has 15 heavy (non-hydrogen) atoms. The third-order valence-electron chi connectivity index (χ3n) is 3.31. The number of nitrogens with one attached hydrogen (secondary N) is 1. The second kappa shape index (κ2) is 5.92. The fourth-order valence-electron chi connectivity index (χ4n) is 1.75. The van der Waals surface area contributed by atoms with Gasteiger partial charge in [-0.05, 0) is 25.3 Å². The molecular weight excluding hydrogens is 182 g/mol. The van der Waals surface area contributed by atoms with E-state index >= 15 is 0 Å². The first kappa shape index (κ1) is 12.3. The Balaban J connectivity index is 2.52. The first-order chi connectivity index (χ1) is 7.15. The monoisotopic (exact) mass is 205 g/mol. The molecule has 0 aliphatic heterocycles. The summed E-state index contributed by atoms with van der Waals surface area (Å²) >= 11 is 0. The van der Waals surface area contributed by atoms with Crippen LogP contribution in [0.25, 0.3) is 0 Å². The normalized spacial score (nSPS) is 17.1. The van der Waals surface area contributed by atoms with E-state index in [1.165, 1.54) is 12.0 Å². The highest BCUT2D eigenvalue weighted by atomic mass is 14.9. The molecule has 0 heterocycles. The third-order valence-corrected chi connectivity index (χ3v) is 3.31. The van der Waals surface area contributed by atoms with Crippen LogP contribution in [0, 0.1) is 5.92 Å². The molecule has 0 aromatic heterocycles. The van der Waals surface area contributed by atoms with Crippen molar-refractivity contribution in [3.05, 3.63) is 35.9 Å². The lowest BCUT2D eigenvalue weighted by Crippen LogP contribution is -2.33. The van der Waals surface area contributed by atoms with Crippen molar-refractivity contribution in [2.75, 3.05) is 0 Å². The van der Waals surface area contributed by atoms with Crippen LogP contribution in [-0.2, 0) is 0 Å². The summed E-state index contributed by atoms with van der Waals surface area (Å²) in [4.78, 5) is 0. The summed E-state index contributed by atoms with van der Waals surface area (Å²) in [5.74, 6) is 0.733. The van der Waals surface area contributed by atoms with Crippen molar-refractivity contribution < 1.29 is 0 Å². The smallest absolute Gasteiger partial charge is 0.0294 e. The molecule has 0 unspecified atom stereocenters. The molecule has 1 rings (SSSR count). The molecule has 0 aliphatic carbocycles. The molecule has 0 amide bonds. The van der Waals surface area contributed by atoms with Crippen LogP contribution in [0.15, 0.2) is 30.3 Å². The van der Waals surface area contributed by atoms with E-state index in [1.807, 2.05) is 0 Å². The SMILES string of the molecule is CC[C@H](C)[C@@H](C)N[C@@H](C)c1ccccc1. The lowest BCUT2D eigenvalue weighted by Gasteiger charge is -2.24. The van der Waals surface area contributed by atoms with Gasteiger partial charge in [-0.25, -0.2) is 0 Å². The van der Waals surface area contributed by atoms with Crippen LogP contribution in [0.1, 0.15) is 45.7 Å². The van der Waals surface area contributed by atoms with E-state index in [-0.39, 0.29) is 0 Å². The van der Waals surface area contributed by atoms with E-state index in [1.54, 1.807) is 0 Å². The quantitative estimate of drug-likeness (QED) is 0.771. The van der Waals surface area contributed by atoms with Crippen molar-refractivity contribution in [3.8, 4) is 0 Å². The zero-order valence-corrected chi connectivity index (χ0v) is 10.3. The Morgan fingerprint density at radius 1 is 1.07 bits per heavy atom. The first-order valence-electron chi connectivity index (χ1n) is 5.96. The molecule has 1 nitrogen and oxygen atoms in total. The third kappa shape index (κ3) is 3.67. The van der Waals surface area contributed by atoms with E-state index in [4.69, 9.17) is 0 Å². The summed E-state index contributed by atoms with van der Waals surface area (Å²) in [5.41, 5.74) is 1.37. The molecule has 1 aromatic rings. The van der Waals surface area contributed by atoms with Gasteiger partial charge < -0.3 is 5.32 Å². The summed E-state index contributed by atoms with van der Waals surface area (Å²) in [6.45, 7) is 9.05. The van der Waals surface area contributed by atoms with E-state index < -0.39 is 0 Å². The number of hydrogen-bond acceptors (Lipinski definition) is 1. The van der Waals surface area contributed by atoms with E-state index in [2.05, 4.69) is 63.3 Å². The molecule has 0 aliphatic rings. The van der Waals surface area contributed by atoms with E-state index in [9.17, 15) is 0 Å². The number of benzene rings is 1. The van der Waals surface area contributed by atoms with Crippen LogP contribution in [0.5, 0.6) is 0 Å². The average Bonchev–Trinajstić information content (AvgIpc) is 2.29. The van der Waals surface area contributed by atoms with Crippen molar-refractivity contribution in [2.24, 2.45) is 5.92 Å². The minimum atomic E-state index is 0.440. The van der Waals surface area contributed by atoms with Gasteiger partial charge in [0.15, 0.2) is 0 Å². The van der Waals surface area contributed by atoms with Gasteiger partial charge >= 0.3 is 0 Å². The first-order valence-corrected chi connectivity index (χ1v) is 5.96. The number of hydrogen-bond donors (Lipinski definition) is 1. The summed E-state index contributed by atoms with van der Waals surface area (Å²) < 4.78 is 0. The zero-order chi connectivity index (χ0) is 11.3. The Kier molecular flexibility index (Phi) is 4.83. The van der Waals surface area contributed by atoms with Crippen LogP contribution in [0.2, 0.25) is 0 Å². The summed E-state index contributed by atoms with van der Waals surface area (Å²) in [7, 11) is 0. The van der Waals surface area contributed by atoms with E-state index in [0.29, 0.717) is 12.1 Å². The maximum absolute atomic E-state index is 3.65. The topological polar surface area (TPSA) is 12.0 Å². The van der Waals surface area contributed by atoms with Gasteiger partial charge in [0, 0.05) is 12.1 Å². The minimum absolute atomic E-state index is 0.440. The lowest BCUT2D eigenvalue weighted by atomic mass is 9.99. The van der Waals surface area contributed by atoms with Gasteiger partial charge in [-0.3, -0.25) is 0 Å². The molecule has 0 bridgehead atoms. The second-order valence-corrected chi connectivity index (χ2v) is 4.47. The fourth-order valence-corrected chi connectivity index (χ4v) is 1.75. The van der Waals surface area contributed by atoms with Crippen molar-refractivity contribution in [1.29, 1.82) is 0 Å². The molecule has 1 heteroatoms. The highest BCUT2D eigenvalue weighted by Crippen LogP contribution is 2.15. The Labute approximate surface area is 93.9 Å². The molecule has 0 saturated heterocycles. The van der Waals surface area contributed by atoms with Crippen molar-refractivity contribution in [2.45, 2.75) is 46.2 Å². The molecule has 0 fully saturated rings. The van der Waals surface area contributed by atoms with Gasteiger partial charge in [0.05, 0.1) is 0 Å². The van der Waals surface area contributed by atoms with Crippen molar-refractivity contribution >= 4 is 0 Å². The number of rotatable bonds is 5. The Morgan fingerprint density at radius 3 is 2.20 bits per heavy atom. The molecule has 0 spiro atoms. The zero-order valence-electron chi connectivity index (χ0n) is 10.3. The van der Waals surface area contributed by atoms with Crippen LogP contribution in [-0.4, -0.2) is 6.04 Å². The molecule has 0 saturated carbocycles. The maximum atomic E-state index is 3.65. The predicted molar refractivity (Wildman–Crippen MR) is 66.9 cm³/mol. The van der Waals surface area contributed by atoms with E-state index in [0.717, 1.165) is 5.92 Å². The highest BCUT2D eigenvalue weighted by molar-refractivity contribution is 5.18. The summed E-state index contributed by atoms with van der Waals surface area (Å²) in [6.07, 6.45) is 1.23. The molecule has 0 radical (unpaired) electrons. The largest absolute Gasteiger partial charge is 0.307 e. The maximum Gasteiger partial charge on any atom is 0.0294 e. The second-order valence-electron chi connectivity index (χ2n) is 4.47. The van der Waals surface area contributed by atoms with Crippen LogP contribution in [0.4, 0.5) is 0 Å². The van der Waals surface area contributed by atoms with Crippen molar-refractivity contribution in [3.63, 3.8) is 0 Å². The van der Waals surface area contributed by atoms with Crippen LogP contribution in [0.3, 0.4) is 0 Å². The standard InChI is InChI=1S/C14H23N/c1-5-11(2)12(3)15-13(4)14-9-7-6-8-10-14/h6-13,15H,5H2,1-4H3/t11-,12+,13-/m0/s1. The Morgan fingerprint density at radius 2 is 1.67 bits per heavy atom. The minimum Gasteiger partial charge on any atom is -0.307 e. The van der Waals surface area contributed by atoms with Crippen molar-refractivity contribution in [1.82, 2.24) is 5.32 Å². The van der Waals surface area contributed by atoms with Gasteiger partial charge in [-0.15, -0.1) is 0 Å². The molecule has 84 valence electrons. The van der Waals surface area contributed by atoms with Gasteiger partial charge in [-0.1, -0.05) is 50.6 Å². The summed E-state index contributed by atoms with van der Waals surface area (Å²) in [6, 6.07) is 11.6. The van der Waals surface area contributed by atoms with Crippen LogP contribution >= 0.6 is 0 Å². The van der Waals surface area contributed by atoms with Gasteiger partial charge in [-0.2, -0.15) is 0 Å². The summed E-state index contributed by atoms with van der Waals surface area (Å²) in [5, 5.41) is 3.65. The van der Waals surface area contributed by atoms with Crippen LogP contribution < -0.4 is 5.32 Å². The van der Waals surface area contributed by atoms with Gasteiger partial charge in [0.1, 0.15) is 0 Å². The Bertz CT molecular complexity index is 268. The van der Waals surface area contributed by atoms with Gasteiger partial charge in [0.2, 0.25) is 0 Å². The predicted octanol–water partition coefficient (Wildman–Crippen LogP) is 3.77. The fraction of sp³-hybridized carbons (Fsp3) is 0.571.